The smallest absolute Gasteiger partial charge is 0.0694 e. The summed E-state index contributed by atoms with van der Waals surface area (Å²) >= 11 is 0. The Bertz CT molecular complexity index is 344. The third-order valence-electron chi connectivity index (χ3n) is 2.56. The molecule has 0 aliphatic heterocycles. The highest BCUT2D eigenvalue weighted by atomic mass is 16.3. The zero-order chi connectivity index (χ0) is 9.47. The highest BCUT2D eigenvalue weighted by Crippen LogP contribution is 2.37. The normalized spacial score (nSPS) is 20.4. The van der Waals surface area contributed by atoms with Crippen molar-refractivity contribution < 1.29 is 5.11 Å². The van der Waals surface area contributed by atoms with Crippen molar-refractivity contribution in [3.63, 3.8) is 0 Å². The number of benzene rings is 1. The lowest BCUT2D eigenvalue weighted by molar-refractivity contribution is 0.0660. The van der Waals surface area contributed by atoms with Crippen LogP contribution in [0.25, 0.3) is 6.08 Å². The molecule has 1 aromatic rings. The number of rotatable bonds is 1. The minimum Gasteiger partial charge on any atom is -0.390 e. The number of aliphatic hydroxyl groups is 1. The van der Waals surface area contributed by atoms with Gasteiger partial charge in [0.15, 0.2) is 0 Å². The zero-order valence-corrected chi connectivity index (χ0v) is 7.99. The first kappa shape index (κ1) is 8.52. The van der Waals surface area contributed by atoms with E-state index in [0.29, 0.717) is 0 Å². The molecule has 1 N–H and O–H groups in total. The van der Waals surface area contributed by atoms with Crippen molar-refractivity contribution in [2.75, 3.05) is 0 Å². The van der Waals surface area contributed by atoms with Crippen molar-refractivity contribution in [1.82, 2.24) is 0 Å². The van der Waals surface area contributed by atoms with Crippen LogP contribution in [0.1, 0.15) is 30.9 Å². The van der Waals surface area contributed by atoms with Crippen LogP contribution in [0, 0.1) is 0 Å². The molecular weight excluding hydrogens is 160 g/mol. The Hall–Kier alpha value is -1.08. The first-order chi connectivity index (χ1) is 6.09. The molecular formula is C12H14O. The van der Waals surface area contributed by atoms with Crippen molar-refractivity contribution in [3.05, 3.63) is 41.5 Å². The van der Waals surface area contributed by atoms with Gasteiger partial charge in [-0.25, -0.2) is 0 Å². The fourth-order valence-corrected chi connectivity index (χ4v) is 1.87. The minimum absolute atomic E-state index is 0.142. The maximum absolute atomic E-state index is 9.91. The Morgan fingerprint density at radius 2 is 1.92 bits per heavy atom. The lowest BCUT2D eigenvalue weighted by Gasteiger charge is -2.25. The number of fused-ring (bicyclic) bond motifs is 1. The molecule has 1 aromatic carbocycles. The van der Waals surface area contributed by atoms with Gasteiger partial charge in [-0.2, -0.15) is 0 Å². The van der Waals surface area contributed by atoms with Gasteiger partial charge in [0.1, 0.15) is 0 Å². The van der Waals surface area contributed by atoms with Gasteiger partial charge >= 0.3 is 0 Å². The van der Waals surface area contributed by atoms with E-state index < -0.39 is 5.60 Å². The van der Waals surface area contributed by atoms with E-state index in [0.717, 1.165) is 0 Å². The molecule has 0 fully saturated rings. The van der Waals surface area contributed by atoms with E-state index in [1.54, 1.807) is 0 Å². The Labute approximate surface area is 78.7 Å². The van der Waals surface area contributed by atoms with Gasteiger partial charge in [0.25, 0.3) is 0 Å². The van der Waals surface area contributed by atoms with Gasteiger partial charge in [-0.1, -0.05) is 36.4 Å². The van der Waals surface area contributed by atoms with E-state index in [1.807, 2.05) is 26.0 Å². The molecule has 0 bridgehead atoms. The highest BCUT2D eigenvalue weighted by molar-refractivity contribution is 5.63. The Balaban J connectivity index is 2.45. The van der Waals surface area contributed by atoms with Crippen LogP contribution >= 0.6 is 0 Å². The largest absolute Gasteiger partial charge is 0.390 e. The molecule has 0 spiro atoms. The summed E-state index contributed by atoms with van der Waals surface area (Å²) in [6.45, 7) is 3.70. The van der Waals surface area contributed by atoms with E-state index in [-0.39, 0.29) is 5.92 Å². The average Bonchev–Trinajstić information content (AvgIpc) is 2.45. The molecule has 1 aliphatic rings. The Morgan fingerprint density at radius 3 is 2.62 bits per heavy atom. The molecule has 0 heterocycles. The minimum atomic E-state index is -0.664. The molecule has 0 radical (unpaired) electrons. The molecule has 0 amide bonds. The van der Waals surface area contributed by atoms with Crippen LogP contribution in [0.4, 0.5) is 0 Å². The molecule has 13 heavy (non-hydrogen) atoms. The van der Waals surface area contributed by atoms with E-state index >= 15 is 0 Å². The molecule has 2 rings (SSSR count). The van der Waals surface area contributed by atoms with Crippen molar-refractivity contribution in [1.29, 1.82) is 0 Å². The SMILES string of the molecule is CC(C)(O)C1C=Cc2ccccc21. The zero-order valence-electron chi connectivity index (χ0n) is 7.99. The molecule has 1 heteroatoms. The van der Waals surface area contributed by atoms with Crippen molar-refractivity contribution in [2.45, 2.75) is 25.4 Å². The summed E-state index contributed by atoms with van der Waals surface area (Å²) in [5.74, 6) is 0.142. The predicted octanol–water partition coefficient (Wildman–Crippen LogP) is 2.57. The summed E-state index contributed by atoms with van der Waals surface area (Å²) in [7, 11) is 0. The van der Waals surface area contributed by atoms with Gasteiger partial charge in [0, 0.05) is 5.92 Å². The second-order valence-corrected chi connectivity index (χ2v) is 4.12. The molecule has 0 aromatic heterocycles. The summed E-state index contributed by atoms with van der Waals surface area (Å²) in [6, 6.07) is 8.20. The summed E-state index contributed by atoms with van der Waals surface area (Å²) < 4.78 is 0. The average molecular weight is 174 g/mol. The Morgan fingerprint density at radius 1 is 1.23 bits per heavy atom. The number of hydrogen-bond donors (Lipinski definition) is 1. The van der Waals surface area contributed by atoms with Gasteiger partial charge in [0.05, 0.1) is 5.60 Å². The first-order valence-corrected chi connectivity index (χ1v) is 4.58. The van der Waals surface area contributed by atoms with Gasteiger partial charge in [-0.15, -0.1) is 0 Å². The highest BCUT2D eigenvalue weighted by Gasteiger charge is 2.29. The second kappa shape index (κ2) is 2.71. The molecule has 1 aliphatic carbocycles. The standard InChI is InChI=1S/C12H14O/c1-12(2,13)11-8-7-9-5-3-4-6-10(9)11/h3-8,11,13H,1-2H3. The van der Waals surface area contributed by atoms with Crippen LogP contribution < -0.4 is 0 Å². The van der Waals surface area contributed by atoms with Crippen LogP contribution in [-0.2, 0) is 0 Å². The Kier molecular flexibility index (Phi) is 1.77. The van der Waals surface area contributed by atoms with E-state index in [9.17, 15) is 5.11 Å². The van der Waals surface area contributed by atoms with Gasteiger partial charge in [-0.05, 0) is 25.0 Å². The third kappa shape index (κ3) is 1.40. The molecule has 1 unspecified atom stereocenters. The van der Waals surface area contributed by atoms with Crippen LogP contribution in [0.3, 0.4) is 0 Å². The van der Waals surface area contributed by atoms with Crippen LogP contribution in [0.5, 0.6) is 0 Å². The van der Waals surface area contributed by atoms with Gasteiger partial charge in [-0.3, -0.25) is 0 Å². The van der Waals surface area contributed by atoms with Crippen LogP contribution in [0.15, 0.2) is 30.3 Å². The summed E-state index contributed by atoms with van der Waals surface area (Å²) in [5.41, 5.74) is 1.80. The third-order valence-corrected chi connectivity index (χ3v) is 2.56. The molecule has 1 atom stereocenters. The van der Waals surface area contributed by atoms with Crippen LogP contribution in [-0.4, -0.2) is 10.7 Å². The van der Waals surface area contributed by atoms with Gasteiger partial charge < -0.3 is 5.11 Å². The quantitative estimate of drug-likeness (QED) is 0.693. The van der Waals surface area contributed by atoms with E-state index in [2.05, 4.69) is 24.3 Å². The summed E-state index contributed by atoms with van der Waals surface area (Å²) in [5, 5.41) is 9.91. The second-order valence-electron chi connectivity index (χ2n) is 4.12. The topological polar surface area (TPSA) is 20.2 Å². The van der Waals surface area contributed by atoms with Crippen molar-refractivity contribution in [2.24, 2.45) is 0 Å². The van der Waals surface area contributed by atoms with Gasteiger partial charge in [0.2, 0.25) is 0 Å². The summed E-state index contributed by atoms with van der Waals surface area (Å²) in [6.07, 6.45) is 4.16. The maximum Gasteiger partial charge on any atom is 0.0694 e. The van der Waals surface area contributed by atoms with Crippen molar-refractivity contribution in [3.8, 4) is 0 Å². The molecule has 68 valence electrons. The first-order valence-electron chi connectivity index (χ1n) is 4.58. The van der Waals surface area contributed by atoms with Crippen molar-refractivity contribution >= 4 is 6.08 Å². The lowest BCUT2D eigenvalue weighted by atomic mass is 9.87. The maximum atomic E-state index is 9.91. The number of hydrogen-bond acceptors (Lipinski definition) is 1. The monoisotopic (exact) mass is 174 g/mol. The summed E-state index contributed by atoms with van der Waals surface area (Å²) in [4.78, 5) is 0. The fraction of sp³-hybridized carbons (Fsp3) is 0.333. The lowest BCUT2D eigenvalue weighted by Crippen LogP contribution is -2.26. The van der Waals surface area contributed by atoms with Crippen LogP contribution in [0.2, 0.25) is 0 Å². The molecule has 1 nitrogen and oxygen atoms in total. The van der Waals surface area contributed by atoms with E-state index in [4.69, 9.17) is 0 Å². The molecule has 0 saturated heterocycles. The fourth-order valence-electron chi connectivity index (χ4n) is 1.87. The predicted molar refractivity (Wildman–Crippen MR) is 54.5 cm³/mol. The van der Waals surface area contributed by atoms with E-state index in [1.165, 1.54) is 11.1 Å². The molecule has 0 saturated carbocycles.